The predicted molar refractivity (Wildman–Crippen MR) is 422 cm³/mol. The quantitative estimate of drug-likeness (QED) is 0.151. The third-order valence-corrected chi connectivity index (χ3v) is 21.6. The Labute approximate surface area is 586 Å². The van der Waals surface area contributed by atoms with Crippen molar-refractivity contribution in [3.05, 3.63) is 328 Å². The number of fused-ring (bicyclic) bond motifs is 21. The zero-order valence-electron chi connectivity index (χ0n) is 55.1. The highest BCUT2D eigenvalue weighted by molar-refractivity contribution is 6.19. The second kappa shape index (κ2) is 21.2. The van der Waals surface area contributed by atoms with E-state index in [0.717, 1.165) is 176 Å². The Morgan fingerprint density at radius 1 is 0.165 bits per heavy atom. The second-order valence-corrected chi connectivity index (χ2v) is 27.1. The largest absolute Gasteiger partial charge is 0.456 e. The molecule has 8 heterocycles. The van der Waals surface area contributed by atoms with Crippen LogP contribution in [0.1, 0.15) is 0 Å². The standard InChI is InChI=1S/C93H54N8O2/c1-3-19-61(20-4-1)97-77-29-13-7-23-63(77)69-47-55(35-41-81(69)97)58-38-44-84-72(50-58)73-51-59(56-36-42-82-70(48-56)64-24-8-14-30-78(64)98(82)62-21-5-2-6-22-62)39-45-85(73)100(84)92-94-91(95-93(96-92)101-80-32-16-10-26-66(80)74-53-76-68-28-12-18-34-88(68)103-90(76)54-86(74)101)99-79-31-15-9-25-65(79)71-49-57(37-43-83(71)99)60-40-46-89-75(52-60)67-27-11-17-33-87(67)102-89/h1-54H. The Bertz CT molecular complexity index is 7350. The third-order valence-electron chi connectivity index (χ3n) is 21.6. The lowest BCUT2D eigenvalue weighted by molar-refractivity contribution is 0.668. The highest BCUT2D eigenvalue weighted by Gasteiger charge is 2.26. The summed E-state index contributed by atoms with van der Waals surface area (Å²) in [6, 6.07) is 118. The van der Waals surface area contributed by atoms with E-state index in [2.05, 4.69) is 326 Å². The van der Waals surface area contributed by atoms with Gasteiger partial charge in [0, 0.05) is 92.8 Å². The SMILES string of the molecule is c1ccc(-n2c3ccccc3c3cc(-c4ccc5c(c4)c4cc(-c6ccc7c(c6)c6ccccc6n7-c6ccccc6)ccc4n5-c4nc(-n5c6ccccc6c6cc(-c7ccc8oc9ccccc9c8c7)ccc65)nc(-n5c6ccccc6c6cc7c(cc65)oc5ccccc57)n4)ccc32)cc1. The molecule has 23 aromatic rings. The van der Waals surface area contributed by atoms with E-state index < -0.39 is 0 Å². The molecule has 0 aliphatic carbocycles. The number of para-hydroxylation sites is 8. The molecular formula is C93H54N8O2. The predicted octanol–water partition coefficient (Wildman–Crippen LogP) is 24.2. The number of nitrogens with zero attached hydrogens (tertiary/aromatic N) is 8. The van der Waals surface area contributed by atoms with E-state index in [1.807, 2.05) is 24.3 Å². The van der Waals surface area contributed by atoms with Crippen LogP contribution in [0.3, 0.4) is 0 Å². The molecule has 0 spiro atoms. The maximum Gasteiger partial charge on any atom is 0.241 e. The molecule has 23 rings (SSSR count). The lowest BCUT2D eigenvalue weighted by Gasteiger charge is -2.14. The summed E-state index contributed by atoms with van der Waals surface area (Å²) in [6.07, 6.45) is 0. The monoisotopic (exact) mass is 1310 g/mol. The van der Waals surface area contributed by atoms with Crippen LogP contribution in [0, 0.1) is 0 Å². The first kappa shape index (κ1) is 55.9. The summed E-state index contributed by atoms with van der Waals surface area (Å²) in [6.45, 7) is 0. The number of furan rings is 2. The van der Waals surface area contributed by atoms with Crippen LogP contribution in [0.25, 0.3) is 216 Å². The maximum atomic E-state index is 6.70. The normalized spacial score (nSPS) is 12.3. The average molecular weight is 1320 g/mol. The molecule has 0 unspecified atom stereocenters. The molecule has 0 bridgehead atoms. The second-order valence-electron chi connectivity index (χ2n) is 27.1. The number of rotatable bonds is 8. The molecule has 0 radical (unpaired) electrons. The minimum atomic E-state index is 0.457. The van der Waals surface area contributed by atoms with Crippen LogP contribution < -0.4 is 0 Å². The summed E-state index contributed by atoms with van der Waals surface area (Å²) in [5.74, 6) is 1.39. The Hall–Kier alpha value is -14.1. The molecule has 0 saturated carbocycles. The van der Waals surface area contributed by atoms with Crippen molar-refractivity contribution in [3.63, 3.8) is 0 Å². The van der Waals surface area contributed by atoms with E-state index >= 15 is 0 Å². The van der Waals surface area contributed by atoms with E-state index in [4.69, 9.17) is 23.8 Å². The van der Waals surface area contributed by atoms with E-state index in [-0.39, 0.29) is 0 Å². The lowest BCUT2D eigenvalue weighted by atomic mass is 9.98. The smallest absolute Gasteiger partial charge is 0.241 e. The van der Waals surface area contributed by atoms with Crippen molar-refractivity contribution < 1.29 is 8.83 Å². The maximum absolute atomic E-state index is 6.70. The zero-order chi connectivity index (χ0) is 67.1. The minimum absolute atomic E-state index is 0.457. The van der Waals surface area contributed by atoms with Gasteiger partial charge in [0.05, 0.1) is 55.2 Å². The van der Waals surface area contributed by atoms with Gasteiger partial charge in [-0.05, 0) is 173 Å². The van der Waals surface area contributed by atoms with Crippen LogP contribution in [-0.2, 0) is 0 Å². The Morgan fingerprint density at radius 3 is 0.835 bits per heavy atom. The van der Waals surface area contributed by atoms with Crippen molar-refractivity contribution in [2.45, 2.75) is 0 Å². The molecule has 0 atom stereocenters. The lowest BCUT2D eigenvalue weighted by Crippen LogP contribution is -2.13. The molecule has 10 heteroatoms. The number of aromatic nitrogens is 8. The summed E-state index contributed by atoms with van der Waals surface area (Å²) in [4.78, 5) is 17.3. The van der Waals surface area contributed by atoms with Crippen LogP contribution in [0.5, 0.6) is 0 Å². The molecule has 15 aromatic carbocycles. The molecule has 103 heavy (non-hydrogen) atoms. The van der Waals surface area contributed by atoms with Gasteiger partial charge in [0.25, 0.3) is 0 Å². The topological polar surface area (TPSA) is 89.6 Å². The molecule has 478 valence electrons. The molecule has 0 N–H and O–H groups in total. The number of hydrogen-bond acceptors (Lipinski definition) is 5. The van der Waals surface area contributed by atoms with Crippen molar-refractivity contribution >= 4 is 153 Å². The number of benzene rings is 15. The summed E-state index contributed by atoms with van der Waals surface area (Å²) in [5.41, 5.74) is 22.5. The van der Waals surface area contributed by atoms with Gasteiger partial charge in [-0.1, -0.05) is 182 Å². The van der Waals surface area contributed by atoms with Gasteiger partial charge in [-0.2, -0.15) is 15.0 Å². The average Bonchev–Trinajstić information content (AvgIpc) is 1.59. The van der Waals surface area contributed by atoms with Gasteiger partial charge in [-0.15, -0.1) is 0 Å². The van der Waals surface area contributed by atoms with Gasteiger partial charge < -0.3 is 18.0 Å². The zero-order valence-corrected chi connectivity index (χ0v) is 55.1. The molecule has 0 aliphatic heterocycles. The highest BCUT2D eigenvalue weighted by atomic mass is 16.3. The fraction of sp³-hybridized carbons (Fsp3) is 0. The van der Waals surface area contributed by atoms with Gasteiger partial charge in [0.2, 0.25) is 17.8 Å². The van der Waals surface area contributed by atoms with E-state index in [1.54, 1.807) is 0 Å². The van der Waals surface area contributed by atoms with Crippen LogP contribution in [0.4, 0.5) is 0 Å². The van der Waals surface area contributed by atoms with Crippen molar-refractivity contribution in [1.82, 2.24) is 37.8 Å². The molecular weight excluding hydrogens is 1260 g/mol. The fourth-order valence-corrected chi connectivity index (χ4v) is 16.9. The molecule has 0 amide bonds. The van der Waals surface area contributed by atoms with Gasteiger partial charge in [0.1, 0.15) is 22.3 Å². The Balaban J connectivity index is 0.782. The summed E-state index contributed by atoms with van der Waals surface area (Å²) >= 11 is 0. The molecule has 0 fully saturated rings. The number of hydrogen-bond donors (Lipinski definition) is 0. The van der Waals surface area contributed by atoms with Gasteiger partial charge in [-0.25, -0.2) is 0 Å². The van der Waals surface area contributed by atoms with Crippen molar-refractivity contribution in [3.8, 4) is 62.6 Å². The summed E-state index contributed by atoms with van der Waals surface area (Å²) in [7, 11) is 0. The van der Waals surface area contributed by atoms with Crippen LogP contribution in [-0.4, -0.2) is 37.8 Å². The molecule has 10 nitrogen and oxygen atoms in total. The van der Waals surface area contributed by atoms with Gasteiger partial charge in [0.15, 0.2) is 0 Å². The molecule has 0 aliphatic rings. The summed E-state index contributed by atoms with van der Waals surface area (Å²) < 4.78 is 24.4. The Kier molecular flexibility index (Phi) is 11.5. The van der Waals surface area contributed by atoms with E-state index in [1.165, 1.54) is 21.5 Å². The van der Waals surface area contributed by atoms with Crippen LogP contribution in [0.2, 0.25) is 0 Å². The summed E-state index contributed by atoms with van der Waals surface area (Å²) in [5, 5.41) is 15.5. The van der Waals surface area contributed by atoms with Crippen molar-refractivity contribution in [2.24, 2.45) is 0 Å². The van der Waals surface area contributed by atoms with Crippen molar-refractivity contribution in [1.29, 1.82) is 0 Å². The molecule has 0 saturated heterocycles. The fourth-order valence-electron chi connectivity index (χ4n) is 16.9. The third kappa shape index (κ3) is 8.16. The van der Waals surface area contributed by atoms with Gasteiger partial charge in [-0.3, -0.25) is 13.7 Å². The molecule has 8 aromatic heterocycles. The van der Waals surface area contributed by atoms with Crippen LogP contribution in [0.15, 0.2) is 336 Å². The highest BCUT2D eigenvalue weighted by Crippen LogP contribution is 2.45. The Morgan fingerprint density at radius 2 is 0.427 bits per heavy atom. The first-order valence-electron chi connectivity index (χ1n) is 34.9. The first-order valence-corrected chi connectivity index (χ1v) is 34.9. The van der Waals surface area contributed by atoms with E-state index in [0.29, 0.717) is 17.8 Å². The van der Waals surface area contributed by atoms with Crippen LogP contribution >= 0.6 is 0 Å². The van der Waals surface area contributed by atoms with E-state index in [9.17, 15) is 0 Å². The first-order chi connectivity index (χ1) is 51.0. The van der Waals surface area contributed by atoms with Crippen molar-refractivity contribution in [2.75, 3.05) is 0 Å². The van der Waals surface area contributed by atoms with Gasteiger partial charge >= 0.3 is 0 Å². The minimum Gasteiger partial charge on any atom is -0.456 e.